The zero-order valence-electron chi connectivity index (χ0n) is 8.50. The van der Waals surface area contributed by atoms with E-state index in [-0.39, 0.29) is 5.56 Å². The Hall–Kier alpha value is -1.00. The molecule has 2 rings (SSSR count). The molecule has 1 fully saturated rings. The highest BCUT2D eigenvalue weighted by Gasteiger charge is 2.38. The summed E-state index contributed by atoms with van der Waals surface area (Å²) in [5.74, 6) is -1.29. The quantitative estimate of drug-likeness (QED) is 0.764. The number of aliphatic hydroxyl groups is 1. The van der Waals surface area contributed by atoms with E-state index < -0.39 is 17.2 Å². The average molecular weight is 213 g/mol. The molecule has 0 bridgehead atoms. The molecule has 1 N–H and O–H groups in total. The smallest absolute Gasteiger partial charge is 0.132 e. The van der Waals surface area contributed by atoms with Gasteiger partial charge in [-0.1, -0.05) is 6.07 Å². The maximum Gasteiger partial charge on any atom is 0.132 e. The summed E-state index contributed by atoms with van der Waals surface area (Å²) in [6, 6.07) is 3.31. The predicted octanol–water partition coefficient (Wildman–Crippen LogP) is 1.49. The molecule has 2 nitrogen and oxygen atoms in total. The van der Waals surface area contributed by atoms with Crippen LogP contribution in [-0.4, -0.2) is 30.1 Å². The van der Waals surface area contributed by atoms with Crippen LogP contribution < -0.4 is 0 Å². The first-order valence-electron chi connectivity index (χ1n) is 4.88. The van der Waals surface area contributed by atoms with Crippen LogP contribution in [0.4, 0.5) is 8.78 Å². The van der Waals surface area contributed by atoms with E-state index in [0.29, 0.717) is 19.5 Å². The molecular formula is C11H13F2NO. The zero-order valence-corrected chi connectivity index (χ0v) is 8.50. The summed E-state index contributed by atoms with van der Waals surface area (Å²) < 4.78 is 26.2. The minimum atomic E-state index is -1.17. The van der Waals surface area contributed by atoms with Crippen molar-refractivity contribution in [3.05, 3.63) is 35.4 Å². The highest BCUT2D eigenvalue weighted by Crippen LogP contribution is 2.32. The Morgan fingerprint density at radius 2 is 2.13 bits per heavy atom. The van der Waals surface area contributed by atoms with Crippen molar-refractivity contribution in [1.29, 1.82) is 0 Å². The van der Waals surface area contributed by atoms with Crippen molar-refractivity contribution in [2.45, 2.75) is 12.0 Å². The van der Waals surface area contributed by atoms with Crippen LogP contribution in [0.25, 0.3) is 0 Å². The molecule has 1 heterocycles. The van der Waals surface area contributed by atoms with Crippen LogP contribution >= 0.6 is 0 Å². The van der Waals surface area contributed by atoms with Gasteiger partial charge in [0.2, 0.25) is 0 Å². The van der Waals surface area contributed by atoms with Gasteiger partial charge < -0.3 is 10.0 Å². The molecule has 0 saturated carbocycles. The van der Waals surface area contributed by atoms with E-state index >= 15 is 0 Å². The molecular weight excluding hydrogens is 200 g/mol. The van der Waals surface area contributed by atoms with Gasteiger partial charge in [0.1, 0.15) is 17.2 Å². The lowest BCUT2D eigenvalue weighted by atomic mass is 9.92. The lowest BCUT2D eigenvalue weighted by Gasteiger charge is -2.23. The van der Waals surface area contributed by atoms with E-state index in [0.717, 1.165) is 6.07 Å². The van der Waals surface area contributed by atoms with Crippen LogP contribution in [-0.2, 0) is 5.60 Å². The minimum absolute atomic E-state index is 0.188. The first kappa shape index (κ1) is 10.5. The number of benzene rings is 1. The fraction of sp³-hybridized carbons (Fsp3) is 0.455. The SMILES string of the molecule is CN1CCC(O)(c2ccc(F)cc2F)C1. The number of β-amino-alcohol motifs (C(OH)–C–C–N with tert-alkyl or cyclic N) is 1. The molecule has 1 saturated heterocycles. The van der Waals surface area contributed by atoms with Crippen molar-refractivity contribution >= 4 is 0 Å². The Morgan fingerprint density at radius 1 is 1.40 bits per heavy atom. The second-order valence-corrected chi connectivity index (χ2v) is 4.14. The molecule has 1 aliphatic heterocycles. The molecule has 82 valence electrons. The summed E-state index contributed by atoms with van der Waals surface area (Å²) in [5.41, 5.74) is -0.986. The van der Waals surface area contributed by atoms with Crippen molar-refractivity contribution in [1.82, 2.24) is 4.90 Å². The molecule has 1 unspecified atom stereocenters. The molecule has 0 radical (unpaired) electrons. The van der Waals surface area contributed by atoms with Gasteiger partial charge in [-0.05, 0) is 19.5 Å². The standard InChI is InChI=1S/C11H13F2NO/c1-14-5-4-11(15,7-14)9-3-2-8(12)6-10(9)13/h2-3,6,15H,4-5,7H2,1H3. The Morgan fingerprint density at radius 3 is 2.67 bits per heavy atom. The van der Waals surface area contributed by atoms with Gasteiger partial charge in [-0.15, -0.1) is 0 Å². The van der Waals surface area contributed by atoms with Crippen LogP contribution in [0.3, 0.4) is 0 Å². The molecule has 1 aliphatic rings. The number of rotatable bonds is 1. The lowest BCUT2D eigenvalue weighted by Crippen LogP contribution is -2.30. The Labute approximate surface area is 87.1 Å². The Bertz CT molecular complexity index is 383. The predicted molar refractivity (Wildman–Crippen MR) is 52.4 cm³/mol. The molecule has 15 heavy (non-hydrogen) atoms. The molecule has 0 aromatic heterocycles. The van der Waals surface area contributed by atoms with Crippen molar-refractivity contribution in [3.8, 4) is 0 Å². The summed E-state index contributed by atoms with van der Waals surface area (Å²) >= 11 is 0. The second kappa shape index (κ2) is 3.54. The van der Waals surface area contributed by atoms with E-state index in [1.54, 1.807) is 0 Å². The van der Waals surface area contributed by atoms with E-state index in [2.05, 4.69) is 0 Å². The minimum Gasteiger partial charge on any atom is -0.384 e. The number of halogens is 2. The highest BCUT2D eigenvalue weighted by molar-refractivity contribution is 5.26. The monoisotopic (exact) mass is 213 g/mol. The summed E-state index contributed by atoms with van der Waals surface area (Å²) in [4.78, 5) is 1.92. The third kappa shape index (κ3) is 1.87. The first-order valence-corrected chi connectivity index (χ1v) is 4.88. The first-order chi connectivity index (χ1) is 7.01. The second-order valence-electron chi connectivity index (χ2n) is 4.14. The lowest BCUT2D eigenvalue weighted by molar-refractivity contribution is 0.0451. The Kier molecular flexibility index (Phi) is 2.48. The van der Waals surface area contributed by atoms with Gasteiger partial charge in [-0.25, -0.2) is 8.78 Å². The van der Waals surface area contributed by atoms with E-state index in [1.165, 1.54) is 12.1 Å². The normalized spacial score (nSPS) is 27.2. The summed E-state index contributed by atoms with van der Waals surface area (Å²) in [7, 11) is 1.86. The summed E-state index contributed by atoms with van der Waals surface area (Å²) in [6.07, 6.45) is 0.478. The molecule has 0 aliphatic carbocycles. The number of nitrogens with zero attached hydrogens (tertiary/aromatic N) is 1. The zero-order chi connectivity index (χ0) is 11.1. The van der Waals surface area contributed by atoms with Gasteiger partial charge >= 0.3 is 0 Å². The van der Waals surface area contributed by atoms with Crippen LogP contribution in [0, 0.1) is 11.6 Å². The number of likely N-dealkylation sites (tertiary alicyclic amines) is 1. The van der Waals surface area contributed by atoms with Gasteiger partial charge in [0.25, 0.3) is 0 Å². The maximum atomic E-state index is 13.5. The number of hydrogen-bond donors (Lipinski definition) is 1. The van der Waals surface area contributed by atoms with E-state index in [1.807, 2.05) is 11.9 Å². The number of likely N-dealkylation sites (N-methyl/N-ethyl adjacent to an activating group) is 1. The van der Waals surface area contributed by atoms with Crippen molar-refractivity contribution < 1.29 is 13.9 Å². The summed E-state index contributed by atoms with van der Waals surface area (Å²) in [6.45, 7) is 1.10. The number of hydrogen-bond acceptors (Lipinski definition) is 2. The summed E-state index contributed by atoms with van der Waals surface area (Å²) in [5, 5.41) is 10.2. The van der Waals surface area contributed by atoms with Crippen molar-refractivity contribution in [2.24, 2.45) is 0 Å². The highest BCUT2D eigenvalue weighted by atomic mass is 19.1. The van der Waals surface area contributed by atoms with Gasteiger partial charge in [-0.3, -0.25) is 0 Å². The molecule has 1 atom stereocenters. The Balaban J connectivity index is 2.37. The van der Waals surface area contributed by atoms with Crippen LogP contribution in [0.2, 0.25) is 0 Å². The van der Waals surface area contributed by atoms with Crippen molar-refractivity contribution in [2.75, 3.05) is 20.1 Å². The third-order valence-electron chi connectivity index (χ3n) is 2.87. The van der Waals surface area contributed by atoms with Crippen LogP contribution in [0.1, 0.15) is 12.0 Å². The van der Waals surface area contributed by atoms with Gasteiger partial charge in [-0.2, -0.15) is 0 Å². The average Bonchev–Trinajstić information content (AvgIpc) is 2.46. The molecule has 4 heteroatoms. The van der Waals surface area contributed by atoms with Gasteiger partial charge in [0.05, 0.1) is 0 Å². The topological polar surface area (TPSA) is 23.5 Å². The maximum absolute atomic E-state index is 13.5. The van der Waals surface area contributed by atoms with Crippen LogP contribution in [0.15, 0.2) is 18.2 Å². The van der Waals surface area contributed by atoms with Gasteiger partial charge in [0, 0.05) is 24.7 Å². The van der Waals surface area contributed by atoms with Gasteiger partial charge in [0.15, 0.2) is 0 Å². The van der Waals surface area contributed by atoms with Crippen LogP contribution in [0.5, 0.6) is 0 Å². The molecule has 0 amide bonds. The third-order valence-corrected chi connectivity index (χ3v) is 2.87. The largest absolute Gasteiger partial charge is 0.384 e. The van der Waals surface area contributed by atoms with Crippen molar-refractivity contribution in [3.63, 3.8) is 0 Å². The molecule has 0 spiro atoms. The molecule has 1 aromatic rings. The fourth-order valence-corrected chi connectivity index (χ4v) is 2.07. The molecule has 1 aromatic carbocycles. The fourth-order valence-electron chi connectivity index (χ4n) is 2.07. The van der Waals surface area contributed by atoms with E-state index in [4.69, 9.17) is 0 Å². The van der Waals surface area contributed by atoms with E-state index in [9.17, 15) is 13.9 Å².